The lowest BCUT2D eigenvalue weighted by Crippen LogP contribution is -2.26. The van der Waals surface area contributed by atoms with E-state index in [9.17, 15) is 31.1 Å². The van der Waals surface area contributed by atoms with Gasteiger partial charge in [-0.15, -0.1) is 0 Å². The van der Waals surface area contributed by atoms with Gasteiger partial charge in [-0.1, -0.05) is 23.7 Å². The zero-order chi connectivity index (χ0) is 24.2. The van der Waals surface area contributed by atoms with Gasteiger partial charge in [-0.2, -0.15) is 26.3 Å². The van der Waals surface area contributed by atoms with Crippen molar-refractivity contribution in [1.29, 1.82) is 0 Å². The number of anilines is 1. The van der Waals surface area contributed by atoms with Crippen molar-refractivity contribution in [2.45, 2.75) is 18.8 Å². The molecule has 0 radical (unpaired) electrons. The molecule has 0 saturated carbocycles. The Hall–Kier alpha value is -3.41. The van der Waals surface area contributed by atoms with Gasteiger partial charge in [0.25, 0.3) is 0 Å². The largest absolute Gasteiger partial charge is 0.439 e. The van der Waals surface area contributed by atoms with Gasteiger partial charge >= 0.3 is 12.4 Å². The summed E-state index contributed by atoms with van der Waals surface area (Å²) in [4.78, 5) is 22.7. The molecule has 3 aromatic rings. The summed E-state index contributed by atoms with van der Waals surface area (Å²) < 4.78 is 82.0. The Morgan fingerprint density at radius 3 is 2.18 bits per heavy atom. The Kier molecular flexibility index (Phi) is 7.06. The summed E-state index contributed by atoms with van der Waals surface area (Å²) in [5, 5.41) is -0.787. The molecule has 2 heterocycles. The number of carbonyl (C=O) groups is 1. The minimum atomic E-state index is -4.80. The maximum Gasteiger partial charge on any atom is 0.435 e. The first-order valence-electron chi connectivity index (χ1n) is 9.08. The van der Waals surface area contributed by atoms with Crippen LogP contribution in [0.15, 0.2) is 48.9 Å². The van der Waals surface area contributed by atoms with Crippen molar-refractivity contribution in [3.05, 3.63) is 70.8 Å². The smallest absolute Gasteiger partial charge is 0.435 e. The maximum atomic E-state index is 13.0. The van der Waals surface area contributed by atoms with Crippen molar-refractivity contribution in [2.24, 2.45) is 0 Å². The molecule has 0 unspecified atom stereocenters. The molecule has 0 saturated heterocycles. The fourth-order valence-corrected chi connectivity index (χ4v) is 2.98. The van der Waals surface area contributed by atoms with E-state index in [0.717, 1.165) is 17.0 Å². The van der Waals surface area contributed by atoms with Crippen LogP contribution in [0.2, 0.25) is 5.02 Å². The van der Waals surface area contributed by atoms with E-state index in [0.29, 0.717) is 30.2 Å². The first-order valence-corrected chi connectivity index (χ1v) is 9.46. The normalized spacial score (nSPS) is 11.8. The molecule has 13 heteroatoms. The van der Waals surface area contributed by atoms with Crippen LogP contribution < -0.4 is 9.64 Å². The molecule has 6 nitrogen and oxygen atoms in total. The summed E-state index contributed by atoms with van der Waals surface area (Å²) in [6, 6.07) is 8.21. The zero-order valence-electron chi connectivity index (χ0n) is 16.4. The second kappa shape index (κ2) is 9.61. The van der Waals surface area contributed by atoms with Crippen LogP contribution in [-0.2, 0) is 23.6 Å². The Labute approximate surface area is 187 Å². The van der Waals surface area contributed by atoms with Crippen LogP contribution in [0.4, 0.5) is 32.2 Å². The summed E-state index contributed by atoms with van der Waals surface area (Å²) in [5.74, 6) is -0.115. The number of rotatable bonds is 7. The first kappa shape index (κ1) is 24.2. The molecule has 1 aromatic carbocycles. The Bertz CT molecular complexity index is 1110. The predicted molar refractivity (Wildman–Crippen MR) is 105 cm³/mol. The van der Waals surface area contributed by atoms with Gasteiger partial charge in [0.15, 0.2) is 11.5 Å². The topological polar surface area (TPSA) is 68.2 Å². The van der Waals surface area contributed by atoms with Crippen LogP contribution >= 0.6 is 11.6 Å². The summed E-state index contributed by atoms with van der Waals surface area (Å²) in [6.07, 6.45) is -7.45. The average Bonchev–Trinajstić information content (AvgIpc) is 2.75. The van der Waals surface area contributed by atoms with Crippen molar-refractivity contribution < 1.29 is 35.9 Å². The van der Waals surface area contributed by atoms with E-state index in [2.05, 4.69) is 15.0 Å². The Morgan fingerprint density at radius 1 is 0.939 bits per heavy atom. The number of nitrogens with zero attached hydrogens (tertiary/aromatic N) is 4. The Balaban J connectivity index is 1.65. The fraction of sp³-hybridized carbons (Fsp3) is 0.200. The van der Waals surface area contributed by atoms with Crippen LogP contribution in [0.5, 0.6) is 11.6 Å². The molecule has 3 rings (SSSR count). The van der Waals surface area contributed by atoms with Crippen LogP contribution in [-0.4, -0.2) is 27.9 Å². The van der Waals surface area contributed by atoms with E-state index < -0.39 is 28.6 Å². The van der Waals surface area contributed by atoms with E-state index in [-0.39, 0.29) is 24.7 Å². The van der Waals surface area contributed by atoms with Crippen molar-refractivity contribution in [2.75, 3.05) is 11.4 Å². The lowest BCUT2D eigenvalue weighted by Gasteiger charge is -2.19. The predicted octanol–water partition coefficient (Wildman–Crippen LogP) is 5.56. The summed E-state index contributed by atoms with van der Waals surface area (Å²) in [6.45, 7) is -0.0296. The number of hydrogen-bond acceptors (Lipinski definition) is 5. The van der Waals surface area contributed by atoms with Crippen LogP contribution in [0.25, 0.3) is 0 Å². The number of alkyl halides is 6. The second-order valence-electron chi connectivity index (χ2n) is 6.54. The molecular formula is C20H13ClF6N4O2. The number of aromatic nitrogens is 3. The molecule has 0 aliphatic heterocycles. The third kappa shape index (κ3) is 6.09. The summed E-state index contributed by atoms with van der Waals surface area (Å²) in [7, 11) is 0. The lowest BCUT2D eigenvalue weighted by molar-refractivity contribution is -0.141. The SMILES string of the molecule is O=CN(CCc1ccc(Oc2ccc(C(F)(F)F)cn2)cc1)c1ncnc(C(F)(F)F)c1Cl. The number of ether oxygens (including phenoxy) is 1. The van der Waals surface area contributed by atoms with Gasteiger partial charge in [0, 0.05) is 18.8 Å². The fourth-order valence-electron chi connectivity index (χ4n) is 2.67. The summed E-state index contributed by atoms with van der Waals surface area (Å²) >= 11 is 5.75. The van der Waals surface area contributed by atoms with Crippen LogP contribution in [0.3, 0.4) is 0 Å². The highest BCUT2D eigenvalue weighted by Gasteiger charge is 2.37. The van der Waals surface area contributed by atoms with E-state index in [1.165, 1.54) is 12.1 Å². The number of pyridine rings is 1. The maximum absolute atomic E-state index is 13.0. The average molecular weight is 491 g/mol. The quantitative estimate of drug-likeness (QED) is 0.320. The molecule has 0 aliphatic rings. The minimum absolute atomic E-state index is 0.0296. The van der Waals surface area contributed by atoms with Gasteiger partial charge < -0.3 is 4.74 Å². The van der Waals surface area contributed by atoms with E-state index in [4.69, 9.17) is 16.3 Å². The molecule has 1 amide bonds. The molecule has 0 fully saturated rings. The molecule has 0 spiro atoms. The first-order chi connectivity index (χ1) is 15.5. The molecule has 33 heavy (non-hydrogen) atoms. The molecule has 0 aliphatic carbocycles. The number of hydrogen-bond donors (Lipinski definition) is 0. The van der Waals surface area contributed by atoms with Gasteiger partial charge in [0.05, 0.1) is 5.56 Å². The van der Waals surface area contributed by atoms with Crippen molar-refractivity contribution in [1.82, 2.24) is 15.0 Å². The molecule has 174 valence electrons. The van der Waals surface area contributed by atoms with Crippen LogP contribution in [0, 0.1) is 0 Å². The van der Waals surface area contributed by atoms with Crippen molar-refractivity contribution in [3.8, 4) is 11.6 Å². The van der Waals surface area contributed by atoms with Crippen molar-refractivity contribution in [3.63, 3.8) is 0 Å². The van der Waals surface area contributed by atoms with Gasteiger partial charge in [-0.25, -0.2) is 15.0 Å². The highest BCUT2D eigenvalue weighted by Crippen LogP contribution is 2.36. The number of halogens is 7. The monoisotopic (exact) mass is 490 g/mol. The number of carbonyl (C=O) groups excluding carboxylic acids is 1. The molecule has 0 atom stereocenters. The third-order valence-electron chi connectivity index (χ3n) is 4.29. The lowest BCUT2D eigenvalue weighted by atomic mass is 10.1. The van der Waals surface area contributed by atoms with Gasteiger partial charge in [0.1, 0.15) is 17.1 Å². The van der Waals surface area contributed by atoms with Gasteiger partial charge in [-0.3, -0.25) is 9.69 Å². The van der Waals surface area contributed by atoms with Gasteiger partial charge in [-0.05, 0) is 30.2 Å². The van der Waals surface area contributed by atoms with Crippen molar-refractivity contribution >= 4 is 23.8 Å². The van der Waals surface area contributed by atoms with E-state index in [1.807, 2.05) is 0 Å². The number of benzene rings is 1. The summed E-state index contributed by atoms with van der Waals surface area (Å²) in [5.41, 5.74) is -1.56. The Morgan fingerprint density at radius 2 is 1.64 bits per heavy atom. The molecule has 0 N–H and O–H groups in total. The molecular weight excluding hydrogens is 478 g/mol. The highest BCUT2D eigenvalue weighted by atomic mass is 35.5. The van der Waals surface area contributed by atoms with E-state index >= 15 is 0 Å². The minimum Gasteiger partial charge on any atom is -0.439 e. The molecule has 2 aromatic heterocycles. The zero-order valence-corrected chi connectivity index (χ0v) is 17.1. The molecule has 0 bridgehead atoms. The number of amides is 1. The standard InChI is InChI=1S/C20H13ClF6N4O2/c21-16-17(20(25,26)27)29-10-30-18(16)31(11-32)8-7-12-1-4-14(5-2-12)33-15-6-3-13(9-28-15)19(22,23)24/h1-6,9-11H,7-8H2. The third-order valence-corrected chi connectivity index (χ3v) is 4.64. The van der Waals surface area contributed by atoms with Gasteiger partial charge in [0.2, 0.25) is 12.3 Å². The van der Waals surface area contributed by atoms with Crippen LogP contribution in [0.1, 0.15) is 16.8 Å². The second-order valence-corrected chi connectivity index (χ2v) is 6.91. The van der Waals surface area contributed by atoms with E-state index in [1.54, 1.807) is 12.1 Å². The highest BCUT2D eigenvalue weighted by molar-refractivity contribution is 6.33.